The first kappa shape index (κ1) is 12.7. The highest BCUT2D eigenvalue weighted by atomic mass is 19.3. The van der Waals surface area contributed by atoms with Crippen LogP contribution in [-0.4, -0.2) is 23.9 Å². The number of rotatable bonds is 2. The zero-order valence-corrected chi connectivity index (χ0v) is 9.41. The summed E-state index contributed by atoms with van der Waals surface area (Å²) in [5, 5.41) is 10.8. The Bertz CT molecular complexity index is 479. The molecular weight excluding hydrogens is 249 g/mol. The number of hydrogen-bond acceptors (Lipinski definition) is 3. The van der Waals surface area contributed by atoms with Crippen LogP contribution < -0.4 is 4.90 Å². The molecule has 18 heavy (non-hydrogen) atoms. The number of nitro groups is 1. The summed E-state index contributed by atoms with van der Waals surface area (Å²) in [6.45, 7) is -0.350. The summed E-state index contributed by atoms with van der Waals surface area (Å²) < 4.78 is 39.9. The molecule has 0 saturated carbocycles. The van der Waals surface area contributed by atoms with Crippen LogP contribution in [0.4, 0.5) is 24.5 Å². The van der Waals surface area contributed by atoms with Gasteiger partial charge in [0.25, 0.3) is 5.92 Å². The van der Waals surface area contributed by atoms with Crippen molar-refractivity contribution >= 4 is 11.4 Å². The molecule has 1 heterocycles. The van der Waals surface area contributed by atoms with Gasteiger partial charge in [-0.2, -0.15) is 4.39 Å². The van der Waals surface area contributed by atoms with E-state index in [0.717, 1.165) is 6.07 Å². The molecule has 0 radical (unpaired) electrons. The van der Waals surface area contributed by atoms with Crippen LogP contribution in [0, 0.1) is 15.9 Å². The van der Waals surface area contributed by atoms with Crippen molar-refractivity contribution in [1.82, 2.24) is 0 Å². The molecule has 98 valence electrons. The van der Waals surface area contributed by atoms with Crippen LogP contribution in [0.5, 0.6) is 0 Å². The Balaban J connectivity index is 2.39. The summed E-state index contributed by atoms with van der Waals surface area (Å²) in [6.07, 6.45) is -0.0206. The monoisotopic (exact) mass is 260 g/mol. The Morgan fingerprint density at radius 1 is 1.39 bits per heavy atom. The molecular formula is C11H11F3N2O2. The fourth-order valence-electron chi connectivity index (χ4n) is 2.11. The second-order valence-electron chi connectivity index (χ2n) is 4.25. The van der Waals surface area contributed by atoms with E-state index in [4.69, 9.17) is 0 Å². The molecule has 7 heteroatoms. The minimum atomic E-state index is -2.89. The van der Waals surface area contributed by atoms with E-state index in [0.29, 0.717) is 0 Å². The Hall–Kier alpha value is -1.79. The van der Waals surface area contributed by atoms with E-state index >= 15 is 0 Å². The molecule has 1 saturated heterocycles. The van der Waals surface area contributed by atoms with E-state index in [2.05, 4.69) is 0 Å². The van der Waals surface area contributed by atoms with Crippen LogP contribution >= 0.6 is 0 Å². The quantitative estimate of drug-likeness (QED) is 0.606. The Morgan fingerprint density at radius 2 is 2.11 bits per heavy atom. The van der Waals surface area contributed by atoms with Gasteiger partial charge in [-0.1, -0.05) is 6.07 Å². The van der Waals surface area contributed by atoms with Gasteiger partial charge in [-0.3, -0.25) is 10.1 Å². The van der Waals surface area contributed by atoms with Gasteiger partial charge in [-0.15, -0.1) is 0 Å². The first-order chi connectivity index (χ1) is 8.41. The number of anilines is 1. The Labute approximate surface area is 101 Å². The number of alkyl halides is 2. The number of hydrogen-bond donors (Lipinski definition) is 0. The molecule has 1 aromatic rings. The van der Waals surface area contributed by atoms with Crippen LogP contribution in [0.25, 0.3) is 0 Å². The highest BCUT2D eigenvalue weighted by Gasteiger charge is 2.37. The first-order valence-corrected chi connectivity index (χ1v) is 5.46. The minimum absolute atomic E-state index is 0.0839. The third-order valence-electron chi connectivity index (χ3n) is 2.88. The van der Waals surface area contributed by atoms with Crippen molar-refractivity contribution in [3.63, 3.8) is 0 Å². The van der Waals surface area contributed by atoms with Crippen LogP contribution in [0.15, 0.2) is 18.2 Å². The maximum Gasteiger partial charge on any atom is 0.327 e. The molecule has 1 aromatic carbocycles. The van der Waals surface area contributed by atoms with Gasteiger partial charge in [0, 0.05) is 13.0 Å². The van der Waals surface area contributed by atoms with Gasteiger partial charge in [0.1, 0.15) is 5.69 Å². The van der Waals surface area contributed by atoms with Gasteiger partial charge >= 0.3 is 5.69 Å². The first-order valence-electron chi connectivity index (χ1n) is 5.46. The number of benzene rings is 1. The normalized spacial score (nSPS) is 18.7. The van der Waals surface area contributed by atoms with Gasteiger partial charge in [-0.05, 0) is 18.6 Å². The van der Waals surface area contributed by atoms with Crippen molar-refractivity contribution in [2.75, 3.05) is 18.0 Å². The molecule has 4 nitrogen and oxygen atoms in total. The van der Waals surface area contributed by atoms with E-state index in [9.17, 15) is 23.3 Å². The summed E-state index contributed by atoms with van der Waals surface area (Å²) in [5.41, 5.74) is -0.824. The molecule has 1 aliphatic rings. The highest BCUT2D eigenvalue weighted by Crippen LogP contribution is 2.36. The SMILES string of the molecule is O=[N+]([O-])c1c(F)cccc1N1CCCC(F)(F)C1. The molecule has 1 fully saturated rings. The van der Waals surface area contributed by atoms with Gasteiger partial charge in [-0.25, -0.2) is 8.78 Å². The summed E-state index contributed by atoms with van der Waals surface area (Å²) in [5.74, 6) is -3.90. The van der Waals surface area contributed by atoms with E-state index in [1.165, 1.54) is 17.0 Å². The molecule has 0 bridgehead atoms. The molecule has 1 aliphatic heterocycles. The topological polar surface area (TPSA) is 46.4 Å². The third kappa shape index (κ3) is 2.39. The van der Waals surface area contributed by atoms with Crippen LogP contribution in [0.2, 0.25) is 0 Å². The van der Waals surface area contributed by atoms with Crippen LogP contribution in [0.3, 0.4) is 0 Å². The van der Waals surface area contributed by atoms with Crippen molar-refractivity contribution in [1.29, 1.82) is 0 Å². The van der Waals surface area contributed by atoms with Crippen molar-refractivity contribution in [2.24, 2.45) is 0 Å². The van der Waals surface area contributed by atoms with Gasteiger partial charge in [0.15, 0.2) is 0 Å². The summed E-state index contributed by atoms with van der Waals surface area (Å²) in [6, 6.07) is 3.52. The lowest BCUT2D eigenvalue weighted by Crippen LogP contribution is -2.42. The Kier molecular flexibility index (Phi) is 3.14. The van der Waals surface area contributed by atoms with Gasteiger partial charge in [0.2, 0.25) is 5.82 Å². The van der Waals surface area contributed by atoms with Gasteiger partial charge < -0.3 is 4.90 Å². The van der Waals surface area contributed by atoms with Crippen molar-refractivity contribution < 1.29 is 18.1 Å². The molecule has 0 amide bonds. The number of nitrogens with zero attached hydrogens (tertiary/aromatic N) is 2. The van der Waals surface area contributed by atoms with Crippen LogP contribution in [0.1, 0.15) is 12.8 Å². The van der Waals surface area contributed by atoms with E-state index in [-0.39, 0.29) is 25.1 Å². The largest absolute Gasteiger partial charge is 0.360 e. The average molecular weight is 260 g/mol. The maximum atomic E-state index is 13.4. The number of para-hydroxylation sites is 1. The van der Waals surface area contributed by atoms with Crippen LogP contribution in [-0.2, 0) is 0 Å². The van der Waals surface area contributed by atoms with E-state index in [1.807, 2.05) is 0 Å². The minimum Gasteiger partial charge on any atom is -0.360 e. The fourth-order valence-corrected chi connectivity index (χ4v) is 2.11. The predicted octanol–water partition coefficient (Wildman–Crippen LogP) is 2.97. The highest BCUT2D eigenvalue weighted by molar-refractivity contribution is 5.64. The second kappa shape index (κ2) is 4.47. The molecule has 0 N–H and O–H groups in total. The third-order valence-corrected chi connectivity index (χ3v) is 2.88. The number of halogens is 3. The zero-order chi connectivity index (χ0) is 13.3. The molecule has 0 unspecified atom stereocenters. The number of nitro benzene ring substituents is 1. The molecule has 0 aliphatic carbocycles. The number of piperidine rings is 1. The van der Waals surface area contributed by atoms with Gasteiger partial charge in [0.05, 0.1) is 11.5 Å². The molecule has 0 aromatic heterocycles. The fraction of sp³-hybridized carbons (Fsp3) is 0.455. The molecule has 0 spiro atoms. The zero-order valence-electron chi connectivity index (χ0n) is 9.41. The lowest BCUT2D eigenvalue weighted by atomic mass is 10.1. The lowest BCUT2D eigenvalue weighted by Gasteiger charge is -2.33. The van der Waals surface area contributed by atoms with E-state index < -0.39 is 28.9 Å². The average Bonchev–Trinajstić information content (AvgIpc) is 2.26. The predicted molar refractivity (Wildman–Crippen MR) is 59.4 cm³/mol. The second-order valence-corrected chi connectivity index (χ2v) is 4.25. The lowest BCUT2D eigenvalue weighted by molar-refractivity contribution is -0.386. The summed E-state index contributed by atoms with van der Waals surface area (Å²) in [4.78, 5) is 11.1. The Morgan fingerprint density at radius 3 is 2.72 bits per heavy atom. The summed E-state index contributed by atoms with van der Waals surface area (Å²) in [7, 11) is 0. The summed E-state index contributed by atoms with van der Waals surface area (Å²) >= 11 is 0. The maximum absolute atomic E-state index is 13.4. The van der Waals surface area contributed by atoms with Crippen molar-refractivity contribution in [3.05, 3.63) is 34.1 Å². The van der Waals surface area contributed by atoms with Crippen molar-refractivity contribution in [3.8, 4) is 0 Å². The molecule has 2 rings (SSSR count). The van der Waals surface area contributed by atoms with Crippen molar-refractivity contribution in [2.45, 2.75) is 18.8 Å². The standard InChI is InChI=1S/C11H11F3N2O2/c12-8-3-1-4-9(10(8)16(17)18)15-6-2-5-11(13,14)7-15/h1,3-4H,2,5-7H2. The molecule has 0 atom stereocenters. The smallest absolute Gasteiger partial charge is 0.327 e. The van der Waals surface area contributed by atoms with E-state index in [1.54, 1.807) is 0 Å².